The maximum absolute atomic E-state index is 12.4. The zero-order valence-electron chi connectivity index (χ0n) is 14.8. The van der Waals surface area contributed by atoms with Gasteiger partial charge in [0.15, 0.2) is 0 Å². The highest BCUT2D eigenvalue weighted by atomic mass is 35.5. The van der Waals surface area contributed by atoms with Gasteiger partial charge in [0.1, 0.15) is 5.60 Å². The van der Waals surface area contributed by atoms with E-state index in [0.717, 1.165) is 35.2 Å². The molecule has 0 spiro atoms. The molecule has 134 valence electrons. The number of carbonyl (C=O) groups is 2. The van der Waals surface area contributed by atoms with Gasteiger partial charge in [0.05, 0.1) is 5.69 Å². The molecule has 5 nitrogen and oxygen atoms in total. The average Bonchev–Trinajstić information content (AvgIpc) is 2.68. The van der Waals surface area contributed by atoms with Crippen LogP contribution < -0.4 is 5.32 Å². The van der Waals surface area contributed by atoms with E-state index in [1.54, 1.807) is 17.0 Å². The zero-order valence-corrected chi connectivity index (χ0v) is 15.6. The van der Waals surface area contributed by atoms with E-state index in [0.29, 0.717) is 24.5 Å². The number of anilines is 1. The van der Waals surface area contributed by atoms with Gasteiger partial charge in [-0.15, -0.1) is 0 Å². The molecule has 2 aliphatic heterocycles. The molecule has 0 bridgehead atoms. The lowest BCUT2D eigenvalue weighted by molar-refractivity contribution is -0.110. The van der Waals surface area contributed by atoms with Crippen LogP contribution in [0.2, 0.25) is 5.02 Å². The van der Waals surface area contributed by atoms with Gasteiger partial charge in [-0.1, -0.05) is 23.2 Å². The molecule has 1 aromatic rings. The van der Waals surface area contributed by atoms with Crippen molar-refractivity contribution in [1.29, 1.82) is 0 Å². The topological polar surface area (TPSA) is 58.6 Å². The van der Waals surface area contributed by atoms with Crippen LogP contribution in [0.25, 0.3) is 5.57 Å². The SMILES string of the molecule is CC(C)(C)OC(=O)N1CCCC(=C2C(=O)Nc3cc(Cl)ccc32)CC1. The first-order chi connectivity index (χ1) is 11.7. The monoisotopic (exact) mass is 362 g/mol. The first-order valence-electron chi connectivity index (χ1n) is 8.56. The highest BCUT2D eigenvalue weighted by Crippen LogP contribution is 2.38. The number of hydrogen-bond donors (Lipinski definition) is 1. The molecule has 2 amide bonds. The van der Waals surface area contributed by atoms with Gasteiger partial charge in [0.2, 0.25) is 0 Å². The number of rotatable bonds is 0. The number of halogens is 1. The summed E-state index contributed by atoms with van der Waals surface area (Å²) < 4.78 is 5.46. The van der Waals surface area contributed by atoms with E-state index in [1.807, 2.05) is 26.8 Å². The molecule has 1 aromatic carbocycles. The predicted octanol–water partition coefficient (Wildman–Crippen LogP) is 4.47. The van der Waals surface area contributed by atoms with Crippen LogP contribution in [-0.2, 0) is 9.53 Å². The summed E-state index contributed by atoms with van der Waals surface area (Å²) in [5, 5.41) is 3.48. The Bertz CT molecular complexity index is 750. The van der Waals surface area contributed by atoms with Crippen molar-refractivity contribution in [3.8, 4) is 0 Å². The van der Waals surface area contributed by atoms with Crippen molar-refractivity contribution in [3.63, 3.8) is 0 Å². The van der Waals surface area contributed by atoms with Crippen LogP contribution in [-0.4, -0.2) is 35.6 Å². The first-order valence-corrected chi connectivity index (χ1v) is 8.93. The van der Waals surface area contributed by atoms with Crippen molar-refractivity contribution >= 4 is 34.9 Å². The highest BCUT2D eigenvalue weighted by Gasteiger charge is 2.30. The fourth-order valence-corrected chi connectivity index (χ4v) is 3.42. The molecular formula is C19H23ClN2O3. The molecule has 0 atom stereocenters. The fourth-order valence-electron chi connectivity index (χ4n) is 3.25. The van der Waals surface area contributed by atoms with Crippen LogP contribution in [0.5, 0.6) is 0 Å². The van der Waals surface area contributed by atoms with Gasteiger partial charge in [-0.3, -0.25) is 4.79 Å². The molecule has 6 heteroatoms. The summed E-state index contributed by atoms with van der Waals surface area (Å²) in [4.78, 5) is 26.5. The molecule has 2 aliphatic rings. The van der Waals surface area contributed by atoms with E-state index in [-0.39, 0.29) is 12.0 Å². The Morgan fingerprint density at radius 2 is 2.00 bits per heavy atom. The van der Waals surface area contributed by atoms with Crippen LogP contribution in [0.1, 0.15) is 45.6 Å². The number of fused-ring (bicyclic) bond motifs is 1. The van der Waals surface area contributed by atoms with Crippen LogP contribution in [0.4, 0.5) is 10.5 Å². The van der Waals surface area contributed by atoms with E-state index in [2.05, 4.69) is 5.32 Å². The van der Waals surface area contributed by atoms with Gasteiger partial charge in [0.25, 0.3) is 5.91 Å². The number of nitrogens with one attached hydrogen (secondary N) is 1. The summed E-state index contributed by atoms with van der Waals surface area (Å²) in [5.74, 6) is -0.0852. The first kappa shape index (κ1) is 17.8. The molecule has 25 heavy (non-hydrogen) atoms. The molecule has 1 N–H and O–H groups in total. The Kier molecular flexibility index (Phi) is 4.78. The second kappa shape index (κ2) is 6.71. The quantitative estimate of drug-likeness (QED) is 0.693. The summed E-state index contributed by atoms with van der Waals surface area (Å²) in [5.41, 5.74) is 2.97. The third-order valence-electron chi connectivity index (χ3n) is 4.32. The standard InChI is InChI=1S/C19H23ClN2O3/c1-19(2,3)25-18(24)22-9-4-5-12(8-10-22)16-14-7-6-13(20)11-15(14)21-17(16)23/h6-7,11H,4-5,8-10H2,1-3H3,(H,21,23). The normalized spacial score (nSPS) is 20.8. The number of likely N-dealkylation sites (tertiary alicyclic amines) is 1. The number of benzene rings is 1. The van der Waals surface area contributed by atoms with Gasteiger partial charge < -0.3 is 15.0 Å². The molecule has 0 aliphatic carbocycles. The van der Waals surface area contributed by atoms with Gasteiger partial charge in [-0.2, -0.15) is 0 Å². The minimum atomic E-state index is -0.506. The number of nitrogens with zero attached hydrogens (tertiary/aromatic N) is 1. The summed E-state index contributed by atoms with van der Waals surface area (Å²) >= 11 is 6.01. The molecule has 2 heterocycles. The summed E-state index contributed by atoms with van der Waals surface area (Å²) in [7, 11) is 0. The minimum Gasteiger partial charge on any atom is -0.444 e. The van der Waals surface area contributed by atoms with Gasteiger partial charge in [0, 0.05) is 29.2 Å². The van der Waals surface area contributed by atoms with E-state index >= 15 is 0 Å². The summed E-state index contributed by atoms with van der Waals surface area (Å²) in [6.07, 6.45) is 1.99. The average molecular weight is 363 g/mol. The van der Waals surface area contributed by atoms with Crippen molar-refractivity contribution < 1.29 is 14.3 Å². The smallest absolute Gasteiger partial charge is 0.410 e. The van der Waals surface area contributed by atoms with Crippen LogP contribution in [0.15, 0.2) is 23.8 Å². The maximum Gasteiger partial charge on any atom is 0.410 e. The molecular weight excluding hydrogens is 340 g/mol. The molecule has 0 radical (unpaired) electrons. The van der Waals surface area contributed by atoms with E-state index in [9.17, 15) is 9.59 Å². The summed E-state index contributed by atoms with van der Waals surface area (Å²) in [6, 6.07) is 5.45. The predicted molar refractivity (Wildman–Crippen MR) is 98.7 cm³/mol. The van der Waals surface area contributed by atoms with Crippen molar-refractivity contribution in [2.24, 2.45) is 0 Å². The van der Waals surface area contributed by atoms with E-state index in [4.69, 9.17) is 16.3 Å². The van der Waals surface area contributed by atoms with Crippen molar-refractivity contribution in [2.45, 2.75) is 45.6 Å². The van der Waals surface area contributed by atoms with Crippen LogP contribution in [0.3, 0.4) is 0 Å². The Hall–Kier alpha value is -2.01. The van der Waals surface area contributed by atoms with Crippen molar-refractivity contribution in [2.75, 3.05) is 18.4 Å². The second-order valence-electron chi connectivity index (χ2n) is 7.44. The lowest BCUT2D eigenvalue weighted by atomic mass is 9.96. The Balaban J connectivity index is 1.81. The molecule has 1 saturated heterocycles. The molecule has 0 saturated carbocycles. The number of amides is 2. The number of carbonyl (C=O) groups excluding carboxylic acids is 2. The second-order valence-corrected chi connectivity index (χ2v) is 7.88. The Morgan fingerprint density at radius 3 is 2.72 bits per heavy atom. The van der Waals surface area contributed by atoms with Crippen molar-refractivity contribution in [3.05, 3.63) is 34.4 Å². The third kappa shape index (κ3) is 3.98. The lowest BCUT2D eigenvalue weighted by Crippen LogP contribution is -2.37. The highest BCUT2D eigenvalue weighted by molar-refractivity contribution is 6.34. The molecule has 0 unspecified atom stereocenters. The Morgan fingerprint density at radius 1 is 1.24 bits per heavy atom. The lowest BCUT2D eigenvalue weighted by Gasteiger charge is -2.26. The van der Waals surface area contributed by atoms with E-state index < -0.39 is 5.60 Å². The number of hydrogen-bond acceptors (Lipinski definition) is 3. The molecule has 3 rings (SSSR count). The fraction of sp³-hybridized carbons (Fsp3) is 0.474. The number of ether oxygens (including phenoxy) is 1. The zero-order chi connectivity index (χ0) is 18.2. The van der Waals surface area contributed by atoms with Crippen LogP contribution >= 0.6 is 11.6 Å². The van der Waals surface area contributed by atoms with Crippen molar-refractivity contribution in [1.82, 2.24) is 4.90 Å². The third-order valence-corrected chi connectivity index (χ3v) is 4.56. The molecule has 1 fully saturated rings. The maximum atomic E-state index is 12.4. The van der Waals surface area contributed by atoms with E-state index in [1.165, 1.54) is 0 Å². The minimum absolute atomic E-state index is 0.0852. The Labute approximate surface area is 153 Å². The van der Waals surface area contributed by atoms with Gasteiger partial charge >= 0.3 is 6.09 Å². The largest absolute Gasteiger partial charge is 0.444 e. The van der Waals surface area contributed by atoms with Gasteiger partial charge in [-0.05, 0) is 52.2 Å². The van der Waals surface area contributed by atoms with Gasteiger partial charge in [-0.25, -0.2) is 4.79 Å². The molecule has 0 aromatic heterocycles. The van der Waals surface area contributed by atoms with Crippen LogP contribution in [0, 0.1) is 0 Å². The summed E-state index contributed by atoms with van der Waals surface area (Å²) in [6.45, 7) is 6.79.